The van der Waals surface area contributed by atoms with Crippen molar-refractivity contribution in [3.8, 4) is 5.88 Å². The molecule has 2 N–H and O–H groups in total. The van der Waals surface area contributed by atoms with E-state index in [9.17, 15) is 9.90 Å². The fourth-order valence-electron chi connectivity index (χ4n) is 1.98. The number of nitrogens with zero attached hydrogens (tertiary/aromatic N) is 2. The largest absolute Gasteiger partial charge is 0.481 e. The molecule has 0 amide bonds. The normalized spacial score (nSPS) is 11.7. The van der Waals surface area contributed by atoms with E-state index >= 15 is 0 Å². The number of benzene rings is 1. The van der Waals surface area contributed by atoms with E-state index in [0.29, 0.717) is 17.5 Å². The van der Waals surface area contributed by atoms with Crippen LogP contribution in [0.2, 0.25) is 0 Å². The van der Waals surface area contributed by atoms with Crippen molar-refractivity contribution >= 4 is 11.8 Å². The van der Waals surface area contributed by atoms with Crippen LogP contribution in [-0.2, 0) is 4.79 Å². The zero-order valence-electron chi connectivity index (χ0n) is 11.9. The van der Waals surface area contributed by atoms with Gasteiger partial charge >= 0.3 is 5.97 Å². The summed E-state index contributed by atoms with van der Waals surface area (Å²) in [6, 6.07) is 10.7. The van der Waals surface area contributed by atoms with Crippen molar-refractivity contribution in [1.29, 1.82) is 0 Å². The second-order valence-electron chi connectivity index (χ2n) is 4.53. The third-order valence-electron chi connectivity index (χ3n) is 3.01. The number of nitrogens with one attached hydrogen (secondary N) is 1. The van der Waals surface area contributed by atoms with Gasteiger partial charge in [0.1, 0.15) is 11.6 Å². The number of carboxylic acid groups (broad SMARTS) is 1. The monoisotopic (exact) mass is 287 g/mol. The van der Waals surface area contributed by atoms with Crippen molar-refractivity contribution in [3.05, 3.63) is 47.8 Å². The van der Waals surface area contributed by atoms with Gasteiger partial charge in [0.15, 0.2) is 0 Å². The molecule has 21 heavy (non-hydrogen) atoms. The molecule has 2 rings (SSSR count). The number of carboxylic acids is 1. The Labute approximate surface area is 122 Å². The van der Waals surface area contributed by atoms with Crippen LogP contribution in [0.15, 0.2) is 36.4 Å². The molecule has 6 nitrogen and oxygen atoms in total. The minimum Gasteiger partial charge on any atom is -0.481 e. The fourth-order valence-corrected chi connectivity index (χ4v) is 1.98. The first-order valence-electron chi connectivity index (χ1n) is 6.51. The lowest BCUT2D eigenvalue weighted by Crippen LogP contribution is -2.21. The van der Waals surface area contributed by atoms with E-state index in [2.05, 4.69) is 15.3 Å². The molecule has 1 aromatic carbocycles. The second-order valence-corrected chi connectivity index (χ2v) is 4.53. The van der Waals surface area contributed by atoms with Crippen LogP contribution in [0.4, 0.5) is 5.82 Å². The Hall–Kier alpha value is -2.63. The average molecular weight is 287 g/mol. The predicted molar refractivity (Wildman–Crippen MR) is 78.6 cm³/mol. The molecule has 6 heteroatoms. The van der Waals surface area contributed by atoms with Gasteiger partial charge in [0, 0.05) is 12.6 Å². The molecule has 0 radical (unpaired) electrons. The summed E-state index contributed by atoms with van der Waals surface area (Å²) in [5.41, 5.74) is 0.746. The molecule has 110 valence electrons. The molecule has 0 fully saturated rings. The average Bonchev–Trinajstić information content (AvgIpc) is 2.47. The van der Waals surface area contributed by atoms with Crippen molar-refractivity contribution in [1.82, 2.24) is 9.97 Å². The summed E-state index contributed by atoms with van der Waals surface area (Å²) in [4.78, 5) is 19.7. The van der Waals surface area contributed by atoms with Gasteiger partial charge in [0.25, 0.3) is 0 Å². The number of carbonyl (C=O) groups is 1. The molecule has 0 aliphatic heterocycles. The van der Waals surface area contributed by atoms with Gasteiger partial charge in [-0.1, -0.05) is 30.3 Å². The molecule has 0 aliphatic rings. The first-order valence-corrected chi connectivity index (χ1v) is 6.51. The molecule has 0 saturated heterocycles. The number of hydrogen-bond donors (Lipinski definition) is 2. The maximum Gasteiger partial charge on any atom is 0.312 e. The van der Waals surface area contributed by atoms with Gasteiger partial charge in [-0.3, -0.25) is 4.79 Å². The quantitative estimate of drug-likeness (QED) is 0.846. The third kappa shape index (κ3) is 3.92. The first-order chi connectivity index (χ1) is 10.1. The first kappa shape index (κ1) is 14.8. The summed E-state index contributed by atoms with van der Waals surface area (Å²) in [5.74, 6) is 0.0143. The van der Waals surface area contributed by atoms with Gasteiger partial charge in [-0.2, -0.15) is 4.98 Å². The van der Waals surface area contributed by atoms with Crippen molar-refractivity contribution in [3.63, 3.8) is 0 Å². The molecule has 0 aliphatic carbocycles. The molecule has 0 spiro atoms. The van der Waals surface area contributed by atoms with Crippen LogP contribution in [-0.4, -0.2) is 34.7 Å². The maximum atomic E-state index is 11.4. The highest BCUT2D eigenvalue weighted by atomic mass is 16.5. The maximum absolute atomic E-state index is 11.4. The van der Waals surface area contributed by atoms with Crippen LogP contribution in [0, 0.1) is 6.92 Å². The number of rotatable bonds is 6. The predicted octanol–water partition coefficient (Wildman–Crippen LogP) is 2.07. The van der Waals surface area contributed by atoms with E-state index < -0.39 is 11.9 Å². The van der Waals surface area contributed by atoms with Gasteiger partial charge < -0.3 is 15.2 Å². The topological polar surface area (TPSA) is 84.3 Å². The molecule has 0 saturated carbocycles. The number of hydrogen-bond acceptors (Lipinski definition) is 5. The molecule has 1 unspecified atom stereocenters. The van der Waals surface area contributed by atoms with E-state index in [1.807, 2.05) is 18.2 Å². The smallest absolute Gasteiger partial charge is 0.312 e. The summed E-state index contributed by atoms with van der Waals surface area (Å²) in [6.07, 6.45) is 0. The van der Waals surface area contributed by atoms with Crippen molar-refractivity contribution < 1.29 is 14.6 Å². The number of aliphatic carboxylic acids is 1. The Kier molecular flexibility index (Phi) is 4.71. The molecule has 0 bridgehead atoms. The number of methoxy groups -OCH3 is 1. The van der Waals surface area contributed by atoms with E-state index in [1.54, 1.807) is 25.1 Å². The number of ether oxygens (including phenoxy) is 1. The molecule has 2 aromatic rings. The molecule has 1 heterocycles. The number of aryl methyl sites for hydroxylation is 1. The Morgan fingerprint density at radius 2 is 2.05 bits per heavy atom. The lowest BCUT2D eigenvalue weighted by Gasteiger charge is -2.14. The summed E-state index contributed by atoms with van der Waals surface area (Å²) in [5, 5.41) is 12.4. The number of anilines is 1. The minimum absolute atomic E-state index is 0.235. The van der Waals surface area contributed by atoms with Crippen LogP contribution in [0.1, 0.15) is 17.3 Å². The van der Waals surface area contributed by atoms with Gasteiger partial charge in [-0.15, -0.1) is 0 Å². The van der Waals surface area contributed by atoms with Crippen LogP contribution >= 0.6 is 0 Å². The van der Waals surface area contributed by atoms with E-state index in [1.165, 1.54) is 7.11 Å². The van der Waals surface area contributed by atoms with Gasteiger partial charge in [0.2, 0.25) is 5.88 Å². The Bertz CT molecular complexity index is 617. The molecular weight excluding hydrogens is 270 g/mol. The van der Waals surface area contributed by atoms with E-state index in [-0.39, 0.29) is 6.54 Å². The lowest BCUT2D eigenvalue weighted by molar-refractivity contribution is -0.138. The highest BCUT2D eigenvalue weighted by Crippen LogP contribution is 2.18. The van der Waals surface area contributed by atoms with Gasteiger partial charge in [-0.25, -0.2) is 4.98 Å². The second kappa shape index (κ2) is 6.69. The molecular formula is C15H17N3O3. The lowest BCUT2D eigenvalue weighted by atomic mass is 9.99. The summed E-state index contributed by atoms with van der Waals surface area (Å²) < 4.78 is 5.07. The summed E-state index contributed by atoms with van der Waals surface area (Å²) in [6.45, 7) is 1.98. The van der Waals surface area contributed by atoms with Crippen molar-refractivity contribution in [2.24, 2.45) is 0 Å². The molecule has 1 aromatic heterocycles. The SMILES string of the molecule is COc1cc(NCC(C(=O)O)c2ccccc2)nc(C)n1. The van der Waals surface area contributed by atoms with Gasteiger partial charge in [0.05, 0.1) is 13.0 Å². The minimum atomic E-state index is -0.883. The van der Waals surface area contributed by atoms with Crippen LogP contribution in [0.5, 0.6) is 5.88 Å². The van der Waals surface area contributed by atoms with E-state index in [0.717, 1.165) is 5.56 Å². The Morgan fingerprint density at radius 3 is 2.67 bits per heavy atom. The zero-order chi connectivity index (χ0) is 15.2. The van der Waals surface area contributed by atoms with Crippen LogP contribution in [0.3, 0.4) is 0 Å². The summed E-state index contributed by atoms with van der Waals surface area (Å²) >= 11 is 0. The Balaban J connectivity index is 2.13. The van der Waals surface area contributed by atoms with Crippen LogP contribution < -0.4 is 10.1 Å². The van der Waals surface area contributed by atoms with E-state index in [4.69, 9.17) is 4.74 Å². The molecule has 1 atom stereocenters. The zero-order valence-corrected chi connectivity index (χ0v) is 11.9. The third-order valence-corrected chi connectivity index (χ3v) is 3.01. The standard InChI is InChI=1S/C15H17N3O3/c1-10-17-13(8-14(18-10)21-2)16-9-12(15(19)20)11-6-4-3-5-7-11/h3-8,12H,9H2,1-2H3,(H,19,20)(H,16,17,18). The highest BCUT2D eigenvalue weighted by molar-refractivity contribution is 5.76. The van der Waals surface area contributed by atoms with Crippen molar-refractivity contribution in [2.75, 3.05) is 19.0 Å². The van der Waals surface area contributed by atoms with Crippen molar-refractivity contribution in [2.45, 2.75) is 12.8 Å². The number of aromatic nitrogens is 2. The fraction of sp³-hybridized carbons (Fsp3) is 0.267. The Morgan fingerprint density at radius 1 is 1.33 bits per heavy atom. The van der Waals surface area contributed by atoms with Crippen LogP contribution in [0.25, 0.3) is 0 Å². The summed E-state index contributed by atoms with van der Waals surface area (Å²) in [7, 11) is 1.52. The highest BCUT2D eigenvalue weighted by Gasteiger charge is 2.19. The van der Waals surface area contributed by atoms with Gasteiger partial charge in [-0.05, 0) is 12.5 Å².